The van der Waals surface area contributed by atoms with Crippen LogP contribution in [0, 0.1) is 19.4 Å². The van der Waals surface area contributed by atoms with Gasteiger partial charge in [-0.25, -0.2) is 4.85 Å². The molecule has 1 atom stereocenters. The van der Waals surface area contributed by atoms with Crippen molar-refractivity contribution in [3.05, 3.63) is 40.7 Å². The Bertz CT molecular complexity index is 596. The van der Waals surface area contributed by atoms with Crippen LogP contribution in [0.5, 0.6) is 0 Å². The van der Waals surface area contributed by atoms with E-state index in [9.17, 15) is 4.79 Å². The Morgan fingerprint density at radius 3 is 2.77 bits per heavy atom. The minimum atomic E-state index is 0.0713. The lowest BCUT2D eigenvalue weighted by Gasteiger charge is -2.26. The predicted molar refractivity (Wildman–Crippen MR) is 85.0 cm³/mol. The number of hydrogen-bond acceptors (Lipinski definition) is 2. The van der Waals surface area contributed by atoms with E-state index in [0.717, 1.165) is 31.6 Å². The summed E-state index contributed by atoms with van der Waals surface area (Å²) in [6.07, 6.45) is 4.78. The van der Waals surface area contributed by atoms with Crippen molar-refractivity contribution in [2.75, 3.05) is 19.7 Å². The summed E-state index contributed by atoms with van der Waals surface area (Å²) in [6, 6.07) is 5.36. The summed E-state index contributed by atoms with van der Waals surface area (Å²) in [5.41, 5.74) is 2.16. The number of hydrogen-bond donors (Lipinski definition) is 0. The molecule has 0 spiro atoms. The topological polar surface area (TPSA) is 33.9 Å². The second-order valence-electron chi connectivity index (χ2n) is 6.40. The van der Waals surface area contributed by atoms with E-state index < -0.39 is 0 Å². The average Bonchev–Trinajstić information content (AvgIpc) is 3.19. The van der Waals surface area contributed by atoms with Gasteiger partial charge in [0.15, 0.2) is 5.69 Å². The molecule has 2 fully saturated rings. The molecule has 1 saturated heterocycles. The Hall–Kier alpha value is -1.86. The molecule has 0 aromatic heterocycles. The number of aryl methyl sites for hydroxylation is 1. The van der Waals surface area contributed by atoms with Gasteiger partial charge in [-0.1, -0.05) is 18.2 Å². The molecule has 1 saturated carbocycles. The normalized spacial score (nSPS) is 20.6. The van der Waals surface area contributed by atoms with Gasteiger partial charge in [0.25, 0.3) is 5.91 Å². The summed E-state index contributed by atoms with van der Waals surface area (Å²) < 4.78 is 5.70. The highest BCUT2D eigenvalue weighted by molar-refractivity contribution is 5.95. The highest BCUT2D eigenvalue weighted by Crippen LogP contribution is 2.31. The van der Waals surface area contributed by atoms with Crippen molar-refractivity contribution in [2.45, 2.75) is 38.7 Å². The third-order valence-corrected chi connectivity index (χ3v) is 4.47. The van der Waals surface area contributed by atoms with E-state index in [2.05, 4.69) is 4.85 Å². The van der Waals surface area contributed by atoms with Crippen LogP contribution in [0.3, 0.4) is 0 Å². The van der Waals surface area contributed by atoms with Gasteiger partial charge in [0, 0.05) is 25.3 Å². The first kappa shape index (κ1) is 15.1. The largest absolute Gasteiger partial charge is 0.376 e. The quantitative estimate of drug-likeness (QED) is 0.779. The molecule has 2 aliphatic rings. The number of ether oxygens (including phenoxy) is 1. The molecule has 0 bridgehead atoms. The molecule has 116 valence electrons. The smallest absolute Gasteiger partial charge is 0.253 e. The van der Waals surface area contributed by atoms with Crippen LogP contribution in [0.4, 0.5) is 5.69 Å². The van der Waals surface area contributed by atoms with Crippen LogP contribution in [-0.2, 0) is 4.74 Å². The zero-order valence-electron chi connectivity index (χ0n) is 13.0. The summed E-state index contributed by atoms with van der Waals surface area (Å²) in [7, 11) is 0. The minimum absolute atomic E-state index is 0.0713. The number of carbonyl (C=O) groups excluding carboxylic acids is 1. The van der Waals surface area contributed by atoms with Crippen LogP contribution in [0.1, 0.15) is 41.6 Å². The first-order valence-electron chi connectivity index (χ1n) is 8.06. The maximum Gasteiger partial charge on any atom is 0.253 e. The molecule has 22 heavy (non-hydrogen) atoms. The lowest BCUT2D eigenvalue weighted by atomic mass is 10.1. The maximum absolute atomic E-state index is 12.8. The molecule has 1 aliphatic heterocycles. The molecule has 1 heterocycles. The fraction of sp³-hybridized carbons (Fsp3) is 0.556. The second-order valence-corrected chi connectivity index (χ2v) is 6.40. The third-order valence-electron chi connectivity index (χ3n) is 4.47. The monoisotopic (exact) mass is 298 g/mol. The first-order valence-corrected chi connectivity index (χ1v) is 8.06. The summed E-state index contributed by atoms with van der Waals surface area (Å²) in [5.74, 6) is 0.732. The van der Waals surface area contributed by atoms with Crippen molar-refractivity contribution in [3.63, 3.8) is 0 Å². The Morgan fingerprint density at radius 1 is 1.36 bits per heavy atom. The summed E-state index contributed by atoms with van der Waals surface area (Å²) in [5, 5.41) is 0. The first-order chi connectivity index (χ1) is 10.7. The van der Waals surface area contributed by atoms with Crippen LogP contribution in [0.15, 0.2) is 18.2 Å². The number of rotatable bonds is 5. The molecule has 1 amide bonds. The summed E-state index contributed by atoms with van der Waals surface area (Å²) in [4.78, 5) is 18.3. The number of nitrogens with zero attached hydrogens (tertiary/aromatic N) is 2. The molecular formula is C18H22N2O2. The molecule has 3 rings (SSSR count). The lowest BCUT2D eigenvalue weighted by molar-refractivity contribution is 0.0515. The zero-order valence-corrected chi connectivity index (χ0v) is 13.0. The molecule has 4 nitrogen and oxygen atoms in total. The van der Waals surface area contributed by atoms with Gasteiger partial charge in [0.1, 0.15) is 0 Å². The van der Waals surface area contributed by atoms with Crippen molar-refractivity contribution in [2.24, 2.45) is 5.92 Å². The fourth-order valence-electron chi connectivity index (χ4n) is 2.98. The van der Waals surface area contributed by atoms with Crippen LogP contribution in [0.25, 0.3) is 4.85 Å². The predicted octanol–water partition coefficient (Wildman–Crippen LogP) is 3.58. The standard InChI is InChI=1S/C18H22N2O2/c1-13-10-15(7-8-17(13)19-2)18(21)20(11-14-5-6-14)12-16-4-3-9-22-16/h7-8,10,14,16H,3-6,9,11-12H2,1H3. The highest BCUT2D eigenvalue weighted by Gasteiger charge is 2.30. The molecule has 1 unspecified atom stereocenters. The Balaban J connectivity index is 1.75. The van der Waals surface area contributed by atoms with Crippen LogP contribution < -0.4 is 0 Å². The van der Waals surface area contributed by atoms with Gasteiger partial charge in [-0.3, -0.25) is 4.79 Å². The van der Waals surface area contributed by atoms with E-state index in [1.165, 1.54) is 12.8 Å². The van der Waals surface area contributed by atoms with E-state index >= 15 is 0 Å². The van der Waals surface area contributed by atoms with E-state index in [1.54, 1.807) is 12.1 Å². The fourth-order valence-corrected chi connectivity index (χ4v) is 2.98. The van der Waals surface area contributed by atoms with E-state index in [4.69, 9.17) is 11.3 Å². The van der Waals surface area contributed by atoms with Crippen LogP contribution in [-0.4, -0.2) is 36.6 Å². The van der Waals surface area contributed by atoms with Crippen LogP contribution >= 0.6 is 0 Å². The van der Waals surface area contributed by atoms with Gasteiger partial charge in [-0.2, -0.15) is 0 Å². The van der Waals surface area contributed by atoms with Crippen molar-refractivity contribution < 1.29 is 9.53 Å². The lowest BCUT2D eigenvalue weighted by Crippen LogP contribution is -2.38. The molecule has 1 aromatic rings. The molecule has 0 radical (unpaired) electrons. The SMILES string of the molecule is [C-]#[N+]c1ccc(C(=O)N(CC2CC2)CC2CCCO2)cc1C. The van der Waals surface area contributed by atoms with Gasteiger partial charge in [-0.05, 0) is 44.1 Å². The van der Waals surface area contributed by atoms with E-state index in [-0.39, 0.29) is 12.0 Å². The van der Waals surface area contributed by atoms with Gasteiger partial charge >= 0.3 is 0 Å². The molecule has 4 heteroatoms. The average molecular weight is 298 g/mol. The molecule has 0 N–H and O–H groups in total. The van der Waals surface area contributed by atoms with Gasteiger partial charge < -0.3 is 9.64 Å². The Labute approximate surface area is 131 Å². The number of carbonyl (C=O) groups is 1. The van der Waals surface area contributed by atoms with E-state index in [0.29, 0.717) is 23.7 Å². The van der Waals surface area contributed by atoms with Crippen molar-refractivity contribution in [3.8, 4) is 0 Å². The van der Waals surface area contributed by atoms with Crippen molar-refractivity contribution in [1.29, 1.82) is 0 Å². The molecular weight excluding hydrogens is 276 g/mol. The zero-order chi connectivity index (χ0) is 15.5. The number of amides is 1. The van der Waals surface area contributed by atoms with E-state index in [1.807, 2.05) is 17.9 Å². The highest BCUT2D eigenvalue weighted by atomic mass is 16.5. The minimum Gasteiger partial charge on any atom is -0.376 e. The van der Waals surface area contributed by atoms with Gasteiger partial charge in [0.05, 0.1) is 12.7 Å². The second kappa shape index (κ2) is 6.50. The van der Waals surface area contributed by atoms with Crippen molar-refractivity contribution in [1.82, 2.24) is 4.90 Å². The third kappa shape index (κ3) is 3.48. The van der Waals surface area contributed by atoms with Crippen LogP contribution in [0.2, 0.25) is 0 Å². The number of benzene rings is 1. The molecule has 1 aliphatic carbocycles. The van der Waals surface area contributed by atoms with Gasteiger partial charge in [-0.15, -0.1) is 0 Å². The summed E-state index contributed by atoms with van der Waals surface area (Å²) >= 11 is 0. The Kier molecular flexibility index (Phi) is 4.44. The maximum atomic E-state index is 12.8. The van der Waals surface area contributed by atoms with Crippen molar-refractivity contribution >= 4 is 11.6 Å². The van der Waals surface area contributed by atoms with Gasteiger partial charge in [0.2, 0.25) is 0 Å². The molecule has 1 aromatic carbocycles. The Morgan fingerprint density at radius 2 is 2.18 bits per heavy atom. The summed E-state index contributed by atoms with van der Waals surface area (Å²) in [6.45, 7) is 11.3.